The van der Waals surface area contributed by atoms with Gasteiger partial charge in [-0.25, -0.2) is 4.79 Å². The van der Waals surface area contributed by atoms with Gasteiger partial charge in [0.25, 0.3) is 5.69 Å². The number of nitrogens with one attached hydrogen (secondary N) is 3. The van der Waals surface area contributed by atoms with E-state index >= 15 is 0 Å². The first-order valence-electron chi connectivity index (χ1n) is 8.63. The Balaban J connectivity index is 1.62. The molecule has 0 radical (unpaired) electrons. The molecule has 1 saturated carbocycles. The number of carbonyl (C=O) groups is 2. The third kappa shape index (κ3) is 6.78. The largest absolute Gasteiger partial charge is 0.338 e. The van der Waals surface area contributed by atoms with Crippen molar-refractivity contribution in [3.63, 3.8) is 0 Å². The highest BCUT2D eigenvalue weighted by Gasteiger charge is 2.15. The molecule has 0 spiro atoms. The van der Waals surface area contributed by atoms with Crippen LogP contribution in [0.4, 0.5) is 16.2 Å². The van der Waals surface area contributed by atoms with Crippen LogP contribution in [-0.2, 0) is 4.79 Å². The summed E-state index contributed by atoms with van der Waals surface area (Å²) in [7, 11) is 0. The van der Waals surface area contributed by atoms with E-state index in [0.29, 0.717) is 18.7 Å². The van der Waals surface area contributed by atoms with Gasteiger partial charge in [-0.05, 0) is 25.3 Å². The highest BCUT2D eigenvalue weighted by atomic mass is 16.6. The van der Waals surface area contributed by atoms with Gasteiger partial charge in [0.2, 0.25) is 5.91 Å². The minimum absolute atomic E-state index is 0.0705. The minimum Gasteiger partial charge on any atom is -0.338 e. The Morgan fingerprint density at radius 3 is 2.68 bits per heavy atom. The Kier molecular flexibility index (Phi) is 7.18. The van der Waals surface area contributed by atoms with E-state index in [9.17, 15) is 19.7 Å². The lowest BCUT2D eigenvalue weighted by atomic mass is 9.96. The molecule has 136 valence electrons. The van der Waals surface area contributed by atoms with E-state index in [-0.39, 0.29) is 30.1 Å². The van der Waals surface area contributed by atoms with Crippen molar-refractivity contribution in [2.75, 3.05) is 11.9 Å². The Labute approximate surface area is 146 Å². The maximum atomic E-state index is 11.8. The number of rotatable bonds is 7. The zero-order valence-corrected chi connectivity index (χ0v) is 14.1. The number of nitro groups is 1. The van der Waals surface area contributed by atoms with Crippen molar-refractivity contribution < 1.29 is 14.5 Å². The van der Waals surface area contributed by atoms with Crippen LogP contribution in [0.3, 0.4) is 0 Å². The molecule has 3 amide bonds. The average Bonchev–Trinajstić information content (AvgIpc) is 2.60. The summed E-state index contributed by atoms with van der Waals surface area (Å²) in [5, 5.41) is 19.0. The van der Waals surface area contributed by atoms with E-state index in [1.165, 1.54) is 24.6 Å². The van der Waals surface area contributed by atoms with Gasteiger partial charge in [-0.3, -0.25) is 14.9 Å². The molecule has 1 aliphatic carbocycles. The summed E-state index contributed by atoms with van der Waals surface area (Å²) in [5.41, 5.74) is 0.320. The Hall–Kier alpha value is -2.64. The van der Waals surface area contributed by atoms with Crippen molar-refractivity contribution in [1.29, 1.82) is 0 Å². The van der Waals surface area contributed by atoms with Gasteiger partial charge in [-0.2, -0.15) is 0 Å². The van der Waals surface area contributed by atoms with Crippen LogP contribution < -0.4 is 16.0 Å². The molecule has 8 nitrogen and oxygen atoms in total. The maximum Gasteiger partial charge on any atom is 0.315 e. The van der Waals surface area contributed by atoms with Gasteiger partial charge in [0.15, 0.2) is 0 Å². The van der Waals surface area contributed by atoms with Gasteiger partial charge >= 0.3 is 6.03 Å². The molecule has 1 aromatic carbocycles. The molecule has 0 heterocycles. The van der Waals surface area contributed by atoms with Crippen LogP contribution in [0.2, 0.25) is 0 Å². The summed E-state index contributed by atoms with van der Waals surface area (Å²) in [4.78, 5) is 33.8. The molecule has 1 aliphatic rings. The Bertz CT molecular complexity index is 614. The summed E-state index contributed by atoms with van der Waals surface area (Å²) in [6.07, 6.45) is 6.33. The van der Waals surface area contributed by atoms with E-state index in [2.05, 4.69) is 16.0 Å². The van der Waals surface area contributed by atoms with Gasteiger partial charge in [0.1, 0.15) is 0 Å². The molecule has 0 atom stereocenters. The van der Waals surface area contributed by atoms with Crippen LogP contribution in [0.1, 0.15) is 44.9 Å². The summed E-state index contributed by atoms with van der Waals surface area (Å²) in [6.45, 7) is 0.404. The van der Waals surface area contributed by atoms with Crippen molar-refractivity contribution in [2.24, 2.45) is 0 Å². The molecule has 0 aliphatic heterocycles. The quantitative estimate of drug-likeness (QED) is 0.399. The van der Waals surface area contributed by atoms with Crippen LogP contribution >= 0.6 is 0 Å². The molecule has 3 N–H and O–H groups in total. The smallest absolute Gasteiger partial charge is 0.315 e. The predicted molar refractivity (Wildman–Crippen MR) is 94.4 cm³/mol. The number of urea groups is 1. The summed E-state index contributed by atoms with van der Waals surface area (Å²) < 4.78 is 0. The third-order valence-corrected chi connectivity index (χ3v) is 4.15. The standard InChI is InChI=1S/C17H24N4O4/c22-16(19-14-8-4-9-15(12-14)21(24)25)10-5-11-18-17(23)20-13-6-2-1-3-7-13/h4,8-9,12-13H,1-3,5-7,10-11H2,(H,19,22)(H2,18,20,23). The second kappa shape index (κ2) is 9.61. The van der Waals surface area contributed by atoms with E-state index < -0.39 is 4.92 Å². The first kappa shape index (κ1) is 18.7. The first-order chi connectivity index (χ1) is 12.0. The molecule has 8 heteroatoms. The second-order valence-electron chi connectivity index (χ2n) is 6.19. The Morgan fingerprint density at radius 1 is 1.20 bits per heavy atom. The maximum absolute atomic E-state index is 11.8. The summed E-state index contributed by atoms with van der Waals surface area (Å²) in [6, 6.07) is 5.86. The third-order valence-electron chi connectivity index (χ3n) is 4.15. The SMILES string of the molecule is O=C(CCCNC(=O)NC1CCCCC1)Nc1cccc([N+](=O)[O-])c1. The van der Waals surface area contributed by atoms with Gasteiger partial charge in [-0.15, -0.1) is 0 Å². The molecule has 0 saturated heterocycles. The van der Waals surface area contributed by atoms with Crippen LogP contribution in [0, 0.1) is 10.1 Å². The molecule has 1 aromatic rings. The minimum atomic E-state index is -0.509. The topological polar surface area (TPSA) is 113 Å². The lowest BCUT2D eigenvalue weighted by Gasteiger charge is -2.22. The zero-order valence-electron chi connectivity index (χ0n) is 14.1. The van der Waals surface area contributed by atoms with E-state index in [0.717, 1.165) is 25.7 Å². The van der Waals surface area contributed by atoms with E-state index in [1.54, 1.807) is 6.07 Å². The molecule has 0 unspecified atom stereocenters. The number of amides is 3. The van der Waals surface area contributed by atoms with Crippen LogP contribution in [-0.4, -0.2) is 29.4 Å². The van der Waals surface area contributed by atoms with Gasteiger partial charge in [-0.1, -0.05) is 25.3 Å². The zero-order chi connectivity index (χ0) is 18.1. The van der Waals surface area contributed by atoms with Gasteiger partial charge < -0.3 is 16.0 Å². The van der Waals surface area contributed by atoms with Crippen LogP contribution in [0.25, 0.3) is 0 Å². The number of benzene rings is 1. The normalized spacial score (nSPS) is 14.6. The highest BCUT2D eigenvalue weighted by molar-refractivity contribution is 5.91. The monoisotopic (exact) mass is 348 g/mol. The summed E-state index contributed by atoms with van der Waals surface area (Å²) in [5.74, 6) is -0.241. The predicted octanol–water partition coefficient (Wildman–Crippen LogP) is 2.95. The lowest BCUT2D eigenvalue weighted by Crippen LogP contribution is -2.43. The fourth-order valence-corrected chi connectivity index (χ4v) is 2.85. The van der Waals surface area contributed by atoms with Crippen molar-refractivity contribution >= 4 is 23.3 Å². The number of carbonyl (C=O) groups excluding carboxylic acids is 2. The van der Waals surface area contributed by atoms with Crippen molar-refractivity contribution in [2.45, 2.75) is 51.0 Å². The number of anilines is 1. The number of non-ortho nitro benzene ring substituents is 1. The second-order valence-corrected chi connectivity index (χ2v) is 6.19. The van der Waals surface area contributed by atoms with Gasteiger partial charge in [0.05, 0.1) is 4.92 Å². The summed E-state index contributed by atoms with van der Waals surface area (Å²) >= 11 is 0. The number of nitro benzene ring substituents is 1. The fourth-order valence-electron chi connectivity index (χ4n) is 2.85. The first-order valence-corrected chi connectivity index (χ1v) is 8.63. The molecule has 2 rings (SSSR count). The van der Waals surface area contributed by atoms with Crippen molar-refractivity contribution in [3.8, 4) is 0 Å². The molecule has 25 heavy (non-hydrogen) atoms. The molecule has 1 fully saturated rings. The van der Waals surface area contributed by atoms with Crippen molar-refractivity contribution in [1.82, 2.24) is 10.6 Å². The molecule has 0 aromatic heterocycles. The number of hydrogen-bond acceptors (Lipinski definition) is 4. The molecular formula is C17H24N4O4. The molecule has 0 bridgehead atoms. The van der Waals surface area contributed by atoms with Crippen LogP contribution in [0.15, 0.2) is 24.3 Å². The Morgan fingerprint density at radius 2 is 1.96 bits per heavy atom. The van der Waals surface area contributed by atoms with E-state index in [4.69, 9.17) is 0 Å². The van der Waals surface area contributed by atoms with E-state index in [1.807, 2.05) is 0 Å². The fraction of sp³-hybridized carbons (Fsp3) is 0.529. The number of hydrogen-bond donors (Lipinski definition) is 3. The van der Waals surface area contributed by atoms with Crippen molar-refractivity contribution in [3.05, 3.63) is 34.4 Å². The van der Waals surface area contributed by atoms with Gasteiger partial charge in [0, 0.05) is 36.8 Å². The average molecular weight is 348 g/mol. The molecular weight excluding hydrogens is 324 g/mol. The van der Waals surface area contributed by atoms with Crippen LogP contribution in [0.5, 0.6) is 0 Å². The lowest BCUT2D eigenvalue weighted by molar-refractivity contribution is -0.384. The highest BCUT2D eigenvalue weighted by Crippen LogP contribution is 2.18. The number of nitrogens with zero attached hydrogens (tertiary/aromatic N) is 1.